The quantitative estimate of drug-likeness (QED) is 0.395. The van der Waals surface area contributed by atoms with E-state index in [1.54, 1.807) is 24.3 Å². The van der Waals surface area contributed by atoms with Gasteiger partial charge in [-0.15, -0.1) is 0 Å². The van der Waals surface area contributed by atoms with Crippen LogP contribution in [0.25, 0.3) is 10.8 Å². The molecule has 0 bridgehead atoms. The van der Waals surface area contributed by atoms with E-state index in [9.17, 15) is 13.2 Å². The Morgan fingerprint density at radius 1 is 0.897 bits per heavy atom. The third-order valence-electron chi connectivity index (χ3n) is 5.01. The molecule has 29 heavy (non-hydrogen) atoms. The Balaban J connectivity index is 1.56. The normalized spacial score (nSPS) is 15.3. The van der Waals surface area contributed by atoms with Crippen LogP contribution < -0.4 is 4.74 Å². The number of nitrogens with zero attached hydrogens (tertiary/aromatic N) is 1. The summed E-state index contributed by atoms with van der Waals surface area (Å²) in [6.45, 7) is 1.04. The minimum absolute atomic E-state index is 0.122. The number of rotatable bonds is 4. The van der Waals surface area contributed by atoms with Gasteiger partial charge in [-0.1, -0.05) is 40.5 Å². The molecule has 0 atom stereocenters. The zero-order valence-corrected chi connectivity index (χ0v) is 18.1. The average molecular weight is 474 g/mol. The first-order valence-electron chi connectivity index (χ1n) is 9.45. The Bertz CT molecular complexity index is 1170. The maximum absolute atomic E-state index is 12.9. The van der Waals surface area contributed by atoms with Gasteiger partial charge in [0.1, 0.15) is 5.75 Å². The van der Waals surface area contributed by atoms with Crippen molar-refractivity contribution in [1.82, 2.24) is 4.31 Å². The van der Waals surface area contributed by atoms with E-state index in [0.717, 1.165) is 34.5 Å². The minimum Gasteiger partial charge on any atom is -0.423 e. The highest BCUT2D eigenvalue weighted by molar-refractivity contribution is 9.10. The molecule has 0 aliphatic carbocycles. The molecule has 0 spiro atoms. The fourth-order valence-electron chi connectivity index (χ4n) is 3.46. The van der Waals surface area contributed by atoms with Gasteiger partial charge in [0.25, 0.3) is 0 Å². The van der Waals surface area contributed by atoms with Crippen molar-refractivity contribution in [3.63, 3.8) is 0 Å². The van der Waals surface area contributed by atoms with Crippen molar-refractivity contribution in [1.29, 1.82) is 0 Å². The van der Waals surface area contributed by atoms with Gasteiger partial charge in [-0.05, 0) is 66.1 Å². The van der Waals surface area contributed by atoms with Gasteiger partial charge in [0.15, 0.2) is 0 Å². The van der Waals surface area contributed by atoms with Crippen molar-refractivity contribution in [3.8, 4) is 5.75 Å². The number of hydrogen-bond acceptors (Lipinski definition) is 4. The molecule has 3 aromatic rings. The highest BCUT2D eigenvalue weighted by Crippen LogP contribution is 2.25. The van der Waals surface area contributed by atoms with E-state index in [4.69, 9.17) is 4.74 Å². The molecular weight excluding hydrogens is 454 g/mol. The summed E-state index contributed by atoms with van der Waals surface area (Å²) in [5.41, 5.74) is 0.207. The van der Waals surface area contributed by atoms with Gasteiger partial charge in [0.05, 0.1) is 10.5 Å². The van der Waals surface area contributed by atoms with Crippen LogP contribution in [0.15, 0.2) is 70.0 Å². The second-order valence-corrected chi connectivity index (χ2v) is 9.89. The van der Waals surface area contributed by atoms with E-state index in [2.05, 4.69) is 15.9 Å². The monoisotopic (exact) mass is 473 g/mol. The number of piperidine rings is 1. The van der Waals surface area contributed by atoms with Gasteiger partial charge in [0, 0.05) is 17.6 Å². The molecule has 1 aliphatic heterocycles. The first-order chi connectivity index (χ1) is 13.9. The lowest BCUT2D eigenvalue weighted by atomic mass is 10.1. The molecule has 3 aromatic carbocycles. The van der Waals surface area contributed by atoms with Gasteiger partial charge in [0.2, 0.25) is 10.0 Å². The topological polar surface area (TPSA) is 63.7 Å². The molecule has 0 saturated carbocycles. The van der Waals surface area contributed by atoms with Gasteiger partial charge >= 0.3 is 5.97 Å². The summed E-state index contributed by atoms with van der Waals surface area (Å²) in [6, 6.07) is 17.3. The Morgan fingerprint density at radius 2 is 1.62 bits per heavy atom. The molecule has 1 saturated heterocycles. The lowest BCUT2D eigenvalue weighted by Crippen LogP contribution is -2.35. The van der Waals surface area contributed by atoms with Crippen molar-refractivity contribution in [3.05, 3.63) is 70.7 Å². The van der Waals surface area contributed by atoms with E-state index in [1.165, 1.54) is 16.4 Å². The molecule has 4 rings (SSSR count). The summed E-state index contributed by atoms with van der Waals surface area (Å²) in [4.78, 5) is 12.7. The largest absolute Gasteiger partial charge is 0.423 e. The van der Waals surface area contributed by atoms with Crippen molar-refractivity contribution >= 4 is 42.7 Å². The number of benzene rings is 3. The van der Waals surface area contributed by atoms with Crippen molar-refractivity contribution in [2.45, 2.75) is 24.2 Å². The van der Waals surface area contributed by atoms with Crippen molar-refractivity contribution < 1.29 is 17.9 Å². The van der Waals surface area contributed by atoms with Crippen LogP contribution in [0.3, 0.4) is 0 Å². The fraction of sp³-hybridized carbons (Fsp3) is 0.227. The fourth-order valence-corrected chi connectivity index (χ4v) is 5.40. The third kappa shape index (κ3) is 4.37. The highest BCUT2D eigenvalue weighted by atomic mass is 79.9. The maximum atomic E-state index is 12.9. The van der Waals surface area contributed by atoms with Crippen LogP contribution in [-0.2, 0) is 10.0 Å². The van der Waals surface area contributed by atoms with Crippen LogP contribution in [0, 0.1) is 0 Å². The summed E-state index contributed by atoms with van der Waals surface area (Å²) < 4.78 is 33.7. The Hall–Kier alpha value is -2.22. The predicted octanol–water partition coefficient (Wildman–Crippen LogP) is 5.00. The van der Waals surface area contributed by atoms with Crippen LogP contribution in [0.5, 0.6) is 5.75 Å². The molecule has 1 fully saturated rings. The van der Waals surface area contributed by atoms with Crippen LogP contribution in [0.2, 0.25) is 0 Å². The van der Waals surface area contributed by atoms with Crippen LogP contribution in [0.1, 0.15) is 29.6 Å². The number of ether oxygens (including phenoxy) is 1. The number of carbonyl (C=O) groups is 1. The van der Waals surface area contributed by atoms with E-state index in [1.807, 2.05) is 24.3 Å². The molecule has 150 valence electrons. The second kappa shape index (κ2) is 8.26. The Morgan fingerprint density at radius 3 is 2.41 bits per heavy atom. The maximum Gasteiger partial charge on any atom is 0.343 e. The van der Waals surface area contributed by atoms with E-state index in [-0.39, 0.29) is 10.5 Å². The number of sulfonamides is 1. The van der Waals surface area contributed by atoms with Gasteiger partial charge < -0.3 is 4.74 Å². The Kier molecular flexibility index (Phi) is 5.72. The molecule has 7 heteroatoms. The average Bonchev–Trinajstić information content (AvgIpc) is 2.74. The molecule has 1 aliphatic rings. The number of carbonyl (C=O) groups excluding carboxylic acids is 1. The van der Waals surface area contributed by atoms with Gasteiger partial charge in [-0.3, -0.25) is 0 Å². The van der Waals surface area contributed by atoms with E-state index >= 15 is 0 Å². The van der Waals surface area contributed by atoms with Gasteiger partial charge in [-0.25, -0.2) is 13.2 Å². The summed E-state index contributed by atoms with van der Waals surface area (Å²) in [5.74, 6) is -0.175. The van der Waals surface area contributed by atoms with E-state index < -0.39 is 16.0 Å². The Labute approximate surface area is 178 Å². The minimum atomic E-state index is -3.60. The predicted molar refractivity (Wildman–Crippen MR) is 116 cm³/mol. The zero-order chi connectivity index (χ0) is 20.4. The molecule has 0 N–H and O–H groups in total. The molecule has 0 amide bonds. The van der Waals surface area contributed by atoms with Crippen LogP contribution >= 0.6 is 15.9 Å². The van der Waals surface area contributed by atoms with E-state index in [0.29, 0.717) is 18.8 Å². The van der Waals surface area contributed by atoms with Gasteiger partial charge in [-0.2, -0.15) is 4.31 Å². The SMILES string of the molecule is O=C(Oc1ccc2cc(Br)ccc2c1)c1cccc(S(=O)(=O)N2CCCCC2)c1. The molecular formula is C22H20BrNO4S. The van der Waals surface area contributed by atoms with Crippen LogP contribution in [-0.4, -0.2) is 31.8 Å². The highest BCUT2D eigenvalue weighted by Gasteiger charge is 2.26. The molecule has 1 heterocycles. The van der Waals surface area contributed by atoms with Crippen molar-refractivity contribution in [2.24, 2.45) is 0 Å². The lowest BCUT2D eigenvalue weighted by molar-refractivity contribution is 0.0734. The molecule has 0 aromatic heterocycles. The third-order valence-corrected chi connectivity index (χ3v) is 7.39. The molecule has 0 unspecified atom stereocenters. The number of halogens is 1. The second-order valence-electron chi connectivity index (χ2n) is 7.04. The number of esters is 1. The molecule has 5 nitrogen and oxygen atoms in total. The summed E-state index contributed by atoms with van der Waals surface area (Å²) in [7, 11) is -3.60. The summed E-state index contributed by atoms with van der Waals surface area (Å²) >= 11 is 3.44. The smallest absolute Gasteiger partial charge is 0.343 e. The van der Waals surface area contributed by atoms with Crippen LogP contribution in [0.4, 0.5) is 0 Å². The number of hydrogen-bond donors (Lipinski definition) is 0. The molecule has 0 radical (unpaired) electrons. The lowest BCUT2D eigenvalue weighted by Gasteiger charge is -2.25. The first-order valence-corrected chi connectivity index (χ1v) is 11.7. The summed E-state index contributed by atoms with van der Waals surface area (Å²) in [5, 5.41) is 1.97. The first kappa shape index (κ1) is 20.1. The standard InChI is InChI=1S/C22H20BrNO4S/c23-19-9-7-17-14-20(10-8-16(17)13-19)28-22(25)18-5-4-6-21(15-18)29(26,27)24-11-2-1-3-12-24/h4-10,13-15H,1-3,11-12H2. The summed E-state index contributed by atoms with van der Waals surface area (Å²) in [6.07, 6.45) is 2.76. The van der Waals surface area contributed by atoms with Crippen molar-refractivity contribution in [2.75, 3.05) is 13.1 Å². The zero-order valence-electron chi connectivity index (χ0n) is 15.7. The number of fused-ring (bicyclic) bond motifs is 1.